The minimum Gasteiger partial charge on any atom is -0.396 e. The van der Waals surface area contributed by atoms with Gasteiger partial charge in [-0.05, 0) is 37.5 Å². The number of aliphatic hydroxyl groups is 1. The highest BCUT2D eigenvalue weighted by Crippen LogP contribution is 2.25. The van der Waals surface area contributed by atoms with E-state index in [9.17, 15) is 9.90 Å². The molecule has 0 heterocycles. The minimum absolute atomic E-state index is 0.0534. The van der Waals surface area contributed by atoms with Crippen LogP contribution < -0.4 is 5.32 Å². The van der Waals surface area contributed by atoms with Crippen LogP contribution in [0.25, 0.3) is 0 Å². The predicted molar refractivity (Wildman–Crippen MR) is 83.5 cm³/mol. The third-order valence-electron chi connectivity index (χ3n) is 4.23. The molecular formula is C16H22BrNO2. The first kappa shape index (κ1) is 15.5. The van der Waals surface area contributed by atoms with Crippen LogP contribution in [0.1, 0.15) is 44.1 Å². The second-order valence-corrected chi connectivity index (χ2v) is 6.53. The normalized spacial score (nSPS) is 24.1. The molecule has 1 saturated carbocycles. The lowest BCUT2D eigenvalue weighted by molar-refractivity contribution is -0.123. The van der Waals surface area contributed by atoms with Crippen LogP contribution in [0.4, 0.5) is 0 Å². The van der Waals surface area contributed by atoms with Gasteiger partial charge in [0.1, 0.15) is 0 Å². The molecule has 2 rings (SSSR count). The minimum atomic E-state index is -0.163. The van der Waals surface area contributed by atoms with Gasteiger partial charge in [-0.3, -0.25) is 4.79 Å². The summed E-state index contributed by atoms with van der Waals surface area (Å²) < 4.78 is 1.02. The van der Waals surface area contributed by atoms with E-state index in [0.717, 1.165) is 35.7 Å². The topological polar surface area (TPSA) is 49.3 Å². The van der Waals surface area contributed by atoms with E-state index in [1.54, 1.807) is 0 Å². The number of rotatable bonds is 4. The summed E-state index contributed by atoms with van der Waals surface area (Å²) in [5.74, 6) is 0.104. The Morgan fingerprint density at radius 1 is 1.35 bits per heavy atom. The molecule has 0 saturated heterocycles. The average Bonchev–Trinajstić information content (AvgIpc) is 2.48. The average molecular weight is 340 g/mol. The first-order chi connectivity index (χ1) is 9.61. The van der Waals surface area contributed by atoms with Gasteiger partial charge in [0, 0.05) is 23.0 Å². The quantitative estimate of drug-likeness (QED) is 0.884. The molecule has 1 aromatic rings. The fourth-order valence-corrected chi connectivity index (χ4v) is 3.09. The Morgan fingerprint density at radius 2 is 2.00 bits per heavy atom. The number of carbonyl (C=O) groups excluding carboxylic acids is 1. The maximum Gasteiger partial charge on any atom is 0.227 e. The van der Waals surface area contributed by atoms with Gasteiger partial charge in [-0.25, -0.2) is 0 Å². The fourth-order valence-electron chi connectivity index (χ4n) is 2.83. The second-order valence-electron chi connectivity index (χ2n) is 5.62. The number of benzene rings is 1. The van der Waals surface area contributed by atoms with E-state index in [-0.39, 0.29) is 30.4 Å². The molecule has 3 unspecified atom stereocenters. The lowest BCUT2D eigenvalue weighted by atomic mass is 9.84. The van der Waals surface area contributed by atoms with E-state index < -0.39 is 0 Å². The molecule has 0 aliphatic heterocycles. The molecule has 0 aromatic heterocycles. The van der Waals surface area contributed by atoms with Gasteiger partial charge in [-0.15, -0.1) is 0 Å². The number of nitrogens with one attached hydrogen (secondary N) is 1. The smallest absolute Gasteiger partial charge is 0.227 e. The summed E-state index contributed by atoms with van der Waals surface area (Å²) >= 11 is 3.40. The summed E-state index contributed by atoms with van der Waals surface area (Å²) in [5, 5.41) is 12.5. The number of amides is 1. The maximum absolute atomic E-state index is 12.4. The lowest BCUT2D eigenvalue weighted by Crippen LogP contribution is -2.44. The van der Waals surface area contributed by atoms with Gasteiger partial charge in [0.2, 0.25) is 5.91 Å². The molecule has 4 heteroatoms. The van der Waals surface area contributed by atoms with Crippen LogP contribution in [-0.4, -0.2) is 23.7 Å². The summed E-state index contributed by atoms with van der Waals surface area (Å²) in [6, 6.07) is 7.98. The zero-order chi connectivity index (χ0) is 14.5. The van der Waals surface area contributed by atoms with Crippen molar-refractivity contribution in [1.82, 2.24) is 5.32 Å². The molecule has 110 valence electrons. The van der Waals surface area contributed by atoms with E-state index in [4.69, 9.17) is 0 Å². The van der Waals surface area contributed by atoms with Crippen LogP contribution in [0, 0.1) is 5.92 Å². The molecule has 0 spiro atoms. The number of halogens is 1. The summed E-state index contributed by atoms with van der Waals surface area (Å²) in [5.41, 5.74) is 1.02. The van der Waals surface area contributed by atoms with Crippen LogP contribution in [0.5, 0.6) is 0 Å². The van der Waals surface area contributed by atoms with Crippen molar-refractivity contribution in [3.63, 3.8) is 0 Å². The standard InChI is InChI=1S/C16H22BrNO2/c1-11(12-6-8-14(17)9-7-12)16(20)18-15-5-3-2-4-13(15)10-19/h6-9,11,13,15,19H,2-5,10H2,1H3,(H,18,20). The second kappa shape index (κ2) is 7.23. The Labute approximate surface area is 128 Å². The van der Waals surface area contributed by atoms with Crippen molar-refractivity contribution in [3.8, 4) is 0 Å². The molecule has 1 aromatic carbocycles. The molecular weight excluding hydrogens is 318 g/mol. The first-order valence-electron chi connectivity index (χ1n) is 7.28. The van der Waals surface area contributed by atoms with Gasteiger partial charge in [0.25, 0.3) is 0 Å². The SMILES string of the molecule is CC(C(=O)NC1CCCCC1CO)c1ccc(Br)cc1. The van der Waals surface area contributed by atoms with Crippen LogP contribution in [0.2, 0.25) is 0 Å². The van der Waals surface area contributed by atoms with Crippen LogP contribution in [0.15, 0.2) is 28.7 Å². The Kier molecular flexibility index (Phi) is 5.61. The summed E-state index contributed by atoms with van der Waals surface area (Å²) in [4.78, 5) is 12.4. The van der Waals surface area contributed by atoms with Gasteiger partial charge >= 0.3 is 0 Å². The monoisotopic (exact) mass is 339 g/mol. The Balaban J connectivity index is 1.98. The van der Waals surface area contributed by atoms with Crippen molar-refractivity contribution < 1.29 is 9.90 Å². The van der Waals surface area contributed by atoms with E-state index in [1.807, 2.05) is 31.2 Å². The first-order valence-corrected chi connectivity index (χ1v) is 8.08. The summed E-state index contributed by atoms with van der Waals surface area (Å²) in [6.45, 7) is 2.09. The zero-order valence-electron chi connectivity index (χ0n) is 11.8. The third-order valence-corrected chi connectivity index (χ3v) is 4.76. The highest BCUT2D eigenvalue weighted by atomic mass is 79.9. The Bertz CT molecular complexity index is 446. The van der Waals surface area contributed by atoms with Gasteiger partial charge in [-0.2, -0.15) is 0 Å². The van der Waals surface area contributed by atoms with Crippen molar-refractivity contribution in [2.24, 2.45) is 5.92 Å². The molecule has 0 radical (unpaired) electrons. The molecule has 3 atom stereocenters. The molecule has 1 aliphatic carbocycles. The molecule has 20 heavy (non-hydrogen) atoms. The van der Waals surface area contributed by atoms with Gasteiger partial charge in [0.15, 0.2) is 0 Å². The van der Waals surface area contributed by atoms with E-state index >= 15 is 0 Å². The largest absolute Gasteiger partial charge is 0.396 e. The van der Waals surface area contributed by atoms with Crippen molar-refractivity contribution in [1.29, 1.82) is 0 Å². The van der Waals surface area contributed by atoms with Crippen LogP contribution in [0.3, 0.4) is 0 Å². The maximum atomic E-state index is 12.4. The van der Waals surface area contributed by atoms with Crippen molar-refractivity contribution in [3.05, 3.63) is 34.3 Å². The summed E-state index contributed by atoms with van der Waals surface area (Å²) in [6.07, 6.45) is 4.27. The number of hydrogen-bond donors (Lipinski definition) is 2. The molecule has 0 bridgehead atoms. The zero-order valence-corrected chi connectivity index (χ0v) is 13.4. The molecule has 3 nitrogen and oxygen atoms in total. The Morgan fingerprint density at radius 3 is 2.65 bits per heavy atom. The predicted octanol–water partition coefficient (Wildman–Crippen LogP) is 3.22. The number of carbonyl (C=O) groups is 1. The fraction of sp³-hybridized carbons (Fsp3) is 0.562. The van der Waals surface area contributed by atoms with E-state index in [2.05, 4.69) is 21.2 Å². The van der Waals surface area contributed by atoms with Gasteiger partial charge in [-0.1, -0.05) is 40.9 Å². The van der Waals surface area contributed by atoms with E-state index in [1.165, 1.54) is 0 Å². The molecule has 1 fully saturated rings. The molecule has 1 amide bonds. The highest BCUT2D eigenvalue weighted by Gasteiger charge is 2.27. The Hall–Kier alpha value is -0.870. The third kappa shape index (κ3) is 3.83. The van der Waals surface area contributed by atoms with Gasteiger partial charge in [0.05, 0.1) is 5.92 Å². The van der Waals surface area contributed by atoms with Gasteiger partial charge < -0.3 is 10.4 Å². The van der Waals surface area contributed by atoms with Crippen molar-refractivity contribution in [2.45, 2.75) is 44.6 Å². The highest BCUT2D eigenvalue weighted by molar-refractivity contribution is 9.10. The lowest BCUT2D eigenvalue weighted by Gasteiger charge is -2.31. The van der Waals surface area contributed by atoms with E-state index in [0.29, 0.717) is 0 Å². The van der Waals surface area contributed by atoms with Crippen LogP contribution in [-0.2, 0) is 4.79 Å². The van der Waals surface area contributed by atoms with Crippen LogP contribution >= 0.6 is 15.9 Å². The van der Waals surface area contributed by atoms with Crippen molar-refractivity contribution in [2.75, 3.05) is 6.61 Å². The number of hydrogen-bond acceptors (Lipinski definition) is 2. The molecule has 2 N–H and O–H groups in total. The summed E-state index contributed by atoms with van der Waals surface area (Å²) in [7, 11) is 0. The van der Waals surface area contributed by atoms with Crippen molar-refractivity contribution >= 4 is 21.8 Å². The number of aliphatic hydroxyl groups excluding tert-OH is 1. The molecule has 1 aliphatic rings.